The monoisotopic (exact) mass is 269 g/mol. The summed E-state index contributed by atoms with van der Waals surface area (Å²) < 4.78 is 12.9. The van der Waals surface area contributed by atoms with E-state index < -0.39 is 6.04 Å². The Kier molecular flexibility index (Phi) is 2.86. The first kappa shape index (κ1) is 12.5. The topological polar surface area (TPSA) is 37.4 Å². The number of hydrogen-bond acceptors (Lipinski definition) is 2. The summed E-state index contributed by atoms with van der Waals surface area (Å²) in [6.07, 6.45) is 0. The van der Waals surface area contributed by atoms with Crippen molar-refractivity contribution >= 4 is 11.8 Å². The van der Waals surface area contributed by atoms with Gasteiger partial charge in [0.15, 0.2) is 0 Å². The lowest BCUT2D eigenvalue weighted by molar-refractivity contribution is 0.0595. The number of fused-ring (bicyclic) bond motifs is 1. The van der Waals surface area contributed by atoms with Crippen molar-refractivity contribution in [1.82, 2.24) is 4.90 Å². The number of amides is 2. The maximum atomic E-state index is 12.9. The van der Waals surface area contributed by atoms with Crippen molar-refractivity contribution in [2.45, 2.75) is 13.0 Å². The summed E-state index contributed by atoms with van der Waals surface area (Å²) in [4.78, 5) is 25.9. The van der Waals surface area contributed by atoms with E-state index in [9.17, 15) is 14.0 Å². The zero-order valence-electron chi connectivity index (χ0n) is 10.8. The number of imide groups is 1. The predicted octanol–water partition coefficient (Wildman–Crippen LogP) is 3.18. The second-order valence-corrected chi connectivity index (χ2v) is 4.75. The molecule has 100 valence electrons. The lowest BCUT2D eigenvalue weighted by Crippen LogP contribution is -2.32. The van der Waals surface area contributed by atoms with Gasteiger partial charge in [0.2, 0.25) is 0 Å². The molecule has 2 aromatic rings. The Morgan fingerprint density at radius 3 is 1.90 bits per heavy atom. The predicted molar refractivity (Wildman–Crippen MR) is 71.8 cm³/mol. The summed E-state index contributed by atoms with van der Waals surface area (Å²) in [5, 5.41) is 0. The number of nitrogens with zero attached hydrogens (tertiary/aromatic N) is 1. The molecule has 0 unspecified atom stereocenters. The van der Waals surface area contributed by atoms with Gasteiger partial charge in [-0.15, -0.1) is 0 Å². The van der Waals surface area contributed by atoms with Crippen LogP contribution in [-0.2, 0) is 0 Å². The standard InChI is InChI=1S/C16H12FNO2/c1-10(11-6-8-12(17)9-7-11)18-15(19)13-4-2-3-5-14(13)16(18)20/h2-10H,1H3/t10-/m1/s1. The Hall–Kier alpha value is -2.49. The van der Waals surface area contributed by atoms with Crippen LogP contribution in [0.15, 0.2) is 48.5 Å². The molecule has 0 saturated carbocycles. The molecule has 0 radical (unpaired) electrons. The summed E-state index contributed by atoms with van der Waals surface area (Å²) in [6.45, 7) is 1.76. The third-order valence-electron chi connectivity index (χ3n) is 3.57. The van der Waals surface area contributed by atoms with Crippen LogP contribution in [0.25, 0.3) is 0 Å². The highest BCUT2D eigenvalue weighted by atomic mass is 19.1. The molecule has 0 bridgehead atoms. The lowest BCUT2D eigenvalue weighted by Gasteiger charge is -2.22. The van der Waals surface area contributed by atoms with Crippen molar-refractivity contribution < 1.29 is 14.0 Å². The van der Waals surface area contributed by atoms with Gasteiger partial charge >= 0.3 is 0 Å². The first-order valence-electron chi connectivity index (χ1n) is 6.32. The van der Waals surface area contributed by atoms with Crippen molar-refractivity contribution in [1.29, 1.82) is 0 Å². The molecule has 0 aliphatic carbocycles. The smallest absolute Gasteiger partial charge is 0.262 e. The van der Waals surface area contributed by atoms with Crippen molar-refractivity contribution in [3.63, 3.8) is 0 Å². The highest BCUT2D eigenvalue weighted by Crippen LogP contribution is 2.30. The van der Waals surface area contributed by atoms with Crippen LogP contribution < -0.4 is 0 Å². The molecule has 3 nitrogen and oxygen atoms in total. The molecule has 1 heterocycles. The first-order valence-corrected chi connectivity index (χ1v) is 6.32. The molecule has 0 aromatic heterocycles. The van der Waals surface area contributed by atoms with Crippen molar-refractivity contribution in [2.24, 2.45) is 0 Å². The number of carbonyl (C=O) groups excluding carboxylic acids is 2. The molecule has 0 fully saturated rings. The van der Waals surface area contributed by atoms with Crippen LogP contribution in [0.4, 0.5) is 4.39 Å². The first-order chi connectivity index (χ1) is 9.59. The summed E-state index contributed by atoms with van der Waals surface area (Å²) in [5.41, 5.74) is 1.57. The molecule has 1 atom stereocenters. The highest BCUT2D eigenvalue weighted by molar-refractivity contribution is 6.21. The van der Waals surface area contributed by atoms with Gasteiger partial charge < -0.3 is 0 Å². The fourth-order valence-corrected chi connectivity index (χ4v) is 2.45. The van der Waals surface area contributed by atoms with Gasteiger partial charge in [-0.2, -0.15) is 0 Å². The number of carbonyl (C=O) groups is 2. The van der Waals surface area contributed by atoms with E-state index in [0.717, 1.165) is 5.56 Å². The Balaban J connectivity index is 1.98. The van der Waals surface area contributed by atoms with Gasteiger partial charge in [-0.05, 0) is 36.8 Å². The van der Waals surface area contributed by atoms with Gasteiger partial charge in [0, 0.05) is 0 Å². The van der Waals surface area contributed by atoms with Gasteiger partial charge in [-0.25, -0.2) is 4.39 Å². The quantitative estimate of drug-likeness (QED) is 0.785. The van der Waals surface area contributed by atoms with E-state index in [0.29, 0.717) is 11.1 Å². The van der Waals surface area contributed by atoms with Gasteiger partial charge in [0.25, 0.3) is 11.8 Å². The summed E-state index contributed by atoms with van der Waals surface area (Å²) in [7, 11) is 0. The maximum absolute atomic E-state index is 12.9. The van der Waals surface area contributed by atoms with E-state index >= 15 is 0 Å². The van der Waals surface area contributed by atoms with Crippen LogP contribution in [0.1, 0.15) is 39.2 Å². The van der Waals surface area contributed by atoms with E-state index in [2.05, 4.69) is 0 Å². The summed E-state index contributed by atoms with van der Waals surface area (Å²) >= 11 is 0. The van der Waals surface area contributed by atoms with Crippen LogP contribution in [-0.4, -0.2) is 16.7 Å². The minimum Gasteiger partial charge on any atom is -0.269 e. The number of benzene rings is 2. The molecular formula is C16H12FNO2. The fraction of sp³-hybridized carbons (Fsp3) is 0.125. The van der Waals surface area contributed by atoms with Crippen molar-refractivity contribution in [3.05, 3.63) is 71.0 Å². The Bertz CT molecular complexity index is 659. The summed E-state index contributed by atoms with van der Waals surface area (Å²) in [5.74, 6) is -0.951. The minimum atomic E-state index is -0.428. The molecule has 0 N–H and O–H groups in total. The normalized spacial score (nSPS) is 15.4. The zero-order chi connectivity index (χ0) is 14.3. The lowest BCUT2D eigenvalue weighted by atomic mass is 10.1. The molecule has 20 heavy (non-hydrogen) atoms. The van der Waals surface area contributed by atoms with Crippen molar-refractivity contribution in [3.8, 4) is 0 Å². The third-order valence-corrected chi connectivity index (χ3v) is 3.57. The largest absolute Gasteiger partial charge is 0.269 e. The average Bonchev–Trinajstić information content (AvgIpc) is 2.72. The molecule has 0 spiro atoms. The van der Waals surface area contributed by atoms with E-state index in [1.165, 1.54) is 17.0 Å². The second-order valence-electron chi connectivity index (χ2n) is 4.75. The van der Waals surface area contributed by atoms with E-state index in [4.69, 9.17) is 0 Å². The Morgan fingerprint density at radius 2 is 1.40 bits per heavy atom. The second kappa shape index (κ2) is 4.56. The Morgan fingerprint density at radius 1 is 0.900 bits per heavy atom. The zero-order valence-corrected chi connectivity index (χ0v) is 10.8. The molecule has 1 aliphatic rings. The number of rotatable bonds is 2. The fourth-order valence-electron chi connectivity index (χ4n) is 2.45. The highest BCUT2D eigenvalue weighted by Gasteiger charge is 2.38. The van der Waals surface area contributed by atoms with Gasteiger partial charge in [0.05, 0.1) is 17.2 Å². The molecule has 4 heteroatoms. The minimum absolute atomic E-state index is 0.303. The molecule has 0 saturated heterocycles. The van der Waals surface area contributed by atoms with Crippen LogP contribution in [0.3, 0.4) is 0 Å². The maximum Gasteiger partial charge on any atom is 0.262 e. The van der Waals surface area contributed by atoms with Crippen LogP contribution in [0.2, 0.25) is 0 Å². The molecular weight excluding hydrogens is 257 g/mol. The molecule has 2 aromatic carbocycles. The van der Waals surface area contributed by atoms with Crippen molar-refractivity contribution in [2.75, 3.05) is 0 Å². The van der Waals surface area contributed by atoms with Crippen LogP contribution in [0, 0.1) is 5.82 Å². The average molecular weight is 269 g/mol. The SMILES string of the molecule is C[C@H](c1ccc(F)cc1)N1C(=O)c2ccccc2C1=O. The van der Waals surface area contributed by atoms with E-state index in [1.54, 1.807) is 43.3 Å². The summed E-state index contributed by atoms with van der Waals surface area (Å²) in [6, 6.07) is 12.1. The third kappa shape index (κ3) is 1.81. The molecule has 1 aliphatic heterocycles. The van der Waals surface area contributed by atoms with E-state index in [1.807, 2.05) is 0 Å². The number of hydrogen-bond donors (Lipinski definition) is 0. The molecule has 3 rings (SSSR count). The van der Waals surface area contributed by atoms with Crippen LogP contribution in [0.5, 0.6) is 0 Å². The van der Waals surface area contributed by atoms with Gasteiger partial charge in [0.1, 0.15) is 5.82 Å². The van der Waals surface area contributed by atoms with E-state index in [-0.39, 0.29) is 17.6 Å². The molecule has 2 amide bonds. The van der Waals surface area contributed by atoms with Gasteiger partial charge in [-0.1, -0.05) is 24.3 Å². The van der Waals surface area contributed by atoms with Crippen LogP contribution >= 0.6 is 0 Å². The Labute approximate surface area is 115 Å². The van der Waals surface area contributed by atoms with Gasteiger partial charge in [-0.3, -0.25) is 14.5 Å². The number of halogens is 1.